The Hall–Kier alpha value is -1.65. The SMILES string of the molecule is Nc1nccc[n+]1CCC(=O)O. The van der Waals surface area contributed by atoms with Crippen molar-refractivity contribution in [3.63, 3.8) is 0 Å². The molecule has 0 unspecified atom stereocenters. The van der Waals surface area contributed by atoms with E-state index in [0.29, 0.717) is 12.5 Å². The van der Waals surface area contributed by atoms with Gasteiger partial charge in [-0.2, -0.15) is 0 Å². The quantitative estimate of drug-likeness (QED) is 0.592. The second-order valence-corrected chi connectivity index (χ2v) is 2.32. The van der Waals surface area contributed by atoms with E-state index in [1.807, 2.05) is 0 Å². The van der Waals surface area contributed by atoms with Gasteiger partial charge in [0.05, 0.1) is 19.2 Å². The summed E-state index contributed by atoms with van der Waals surface area (Å²) in [5.74, 6) is -0.510. The number of aromatic nitrogens is 2. The summed E-state index contributed by atoms with van der Waals surface area (Å²) in [6, 6.07) is 1.71. The molecule has 0 fully saturated rings. The lowest BCUT2D eigenvalue weighted by atomic mass is 10.4. The second kappa shape index (κ2) is 3.66. The van der Waals surface area contributed by atoms with Crippen LogP contribution < -0.4 is 10.3 Å². The molecule has 12 heavy (non-hydrogen) atoms. The molecule has 5 heteroatoms. The van der Waals surface area contributed by atoms with Crippen molar-refractivity contribution in [1.29, 1.82) is 0 Å². The average Bonchev–Trinajstić information content (AvgIpc) is 2.03. The number of hydrogen-bond acceptors (Lipinski definition) is 3. The Morgan fingerprint density at radius 3 is 3.08 bits per heavy atom. The monoisotopic (exact) mass is 168 g/mol. The van der Waals surface area contributed by atoms with E-state index in [-0.39, 0.29) is 6.42 Å². The molecule has 5 nitrogen and oxygen atoms in total. The van der Waals surface area contributed by atoms with Gasteiger partial charge in [0.25, 0.3) is 0 Å². The molecule has 0 spiro atoms. The van der Waals surface area contributed by atoms with Crippen LogP contribution >= 0.6 is 0 Å². The van der Waals surface area contributed by atoms with Crippen molar-refractivity contribution in [2.24, 2.45) is 0 Å². The molecule has 1 aromatic heterocycles. The third-order valence-corrected chi connectivity index (χ3v) is 1.42. The van der Waals surface area contributed by atoms with Crippen molar-refractivity contribution in [2.75, 3.05) is 5.73 Å². The van der Waals surface area contributed by atoms with E-state index in [9.17, 15) is 4.79 Å². The average molecular weight is 168 g/mol. The summed E-state index contributed by atoms with van der Waals surface area (Å²) in [5, 5.41) is 8.39. The maximum Gasteiger partial charge on any atom is 0.389 e. The third-order valence-electron chi connectivity index (χ3n) is 1.42. The van der Waals surface area contributed by atoms with Crippen molar-refractivity contribution in [1.82, 2.24) is 4.98 Å². The van der Waals surface area contributed by atoms with Crippen LogP contribution in [0.2, 0.25) is 0 Å². The molecule has 0 amide bonds. The Kier molecular flexibility index (Phi) is 2.57. The number of nitrogens with zero attached hydrogens (tertiary/aromatic N) is 2. The summed E-state index contributed by atoms with van der Waals surface area (Å²) in [6.07, 6.45) is 3.32. The molecule has 0 aliphatic rings. The van der Waals surface area contributed by atoms with Gasteiger partial charge in [-0.15, -0.1) is 0 Å². The van der Waals surface area contributed by atoms with Crippen LogP contribution in [0.1, 0.15) is 6.42 Å². The summed E-state index contributed by atoms with van der Waals surface area (Å²) in [6.45, 7) is 0.356. The molecule has 0 bridgehead atoms. The minimum Gasteiger partial charge on any atom is -0.481 e. The Bertz CT molecular complexity index is 288. The molecule has 1 aromatic rings. The Morgan fingerprint density at radius 2 is 2.50 bits per heavy atom. The predicted octanol–water partition coefficient (Wildman–Crippen LogP) is -0.574. The van der Waals surface area contributed by atoms with Gasteiger partial charge in [-0.25, -0.2) is 4.57 Å². The number of carboxylic acid groups (broad SMARTS) is 1. The molecule has 0 aliphatic heterocycles. The van der Waals surface area contributed by atoms with Crippen molar-refractivity contribution >= 4 is 11.9 Å². The van der Waals surface area contributed by atoms with Gasteiger partial charge in [0.1, 0.15) is 6.20 Å². The zero-order valence-corrected chi connectivity index (χ0v) is 6.47. The number of nitrogen functional groups attached to an aromatic ring is 1. The van der Waals surface area contributed by atoms with E-state index >= 15 is 0 Å². The van der Waals surface area contributed by atoms with Gasteiger partial charge >= 0.3 is 11.9 Å². The largest absolute Gasteiger partial charge is 0.481 e. The van der Waals surface area contributed by atoms with Crippen LogP contribution in [0.5, 0.6) is 0 Å². The van der Waals surface area contributed by atoms with Crippen LogP contribution in [0, 0.1) is 0 Å². The van der Waals surface area contributed by atoms with Crippen molar-refractivity contribution in [3.05, 3.63) is 18.5 Å². The molecule has 64 valence electrons. The molecule has 1 heterocycles. The van der Waals surface area contributed by atoms with Gasteiger partial charge < -0.3 is 5.11 Å². The van der Waals surface area contributed by atoms with E-state index in [4.69, 9.17) is 10.8 Å². The number of anilines is 1. The first-order chi connectivity index (χ1) is 5.70. The Balaban J connectivity index is 2.63. The van der Waals surface area contributed by atoms with E-state index < -0.39 is 5.97 Å². The zero-order chi connectivity index (χ0) is 8.97. The maximum atomic E-state index is 10.2. The molecule has 3 N–H and O–H groups in total. The highest BCUT2D eigenvalue weighted by molar-refractivity contribution is 5.66. The summed E-state index contributed by atoms with van der Waals surface area (Å²) in [7, 11) is 0. The normalized spacial score (nSPS) is 9.67. The molecule has 1 rings (SSSR count). The Labute approximate surface area is 69.5 Å². The molecule has 0 aliphatic carbocycles. The van der Waals surface area contributed by atoms with Crippen molar-refractivity contribution in [2.45, 2.75) is 13.0 Å². The van der Waals surface area contributed by atoms with Crippen LogP contribution in [-0.4, -0.2) is 16.1 Å². The van der Waals surface area contributed by atoms with Crippen LogP contribution in [-0.2, 0) is 11.3 Å². The van der Waals surface area contributed by atoms with Crippen LogP contribution in [0.15, 0.2) is 18.5 Å². The maximum absolute atomic E-state index is 10.2. The van der Waals surface area contributed by atoms with Crippen molar-refractivity contribution in [3.8, 4) is 0 Å². The van der Waals surface area contributed by atoms with E-state index in [1.165, 1.54) is 0 Å². The first kappa shape index (κ1) is 8.45. The van der Waals surface area contributed by atoms with Crippen LogP contribution in [0.25, 0.3) is 0 Å². The molecular formula is C7H10N3O2+. The van der Waals surface area contributed by atoms with Crippen LogP contribution in [0.3, 0.4) is 0 Å². The minimum atomic E-state index is -0.842. The lowest BCUT2D eigenvalue weighted by Gasteiger charge is -1.98. The number of aliphatic carboxylic acids is 1. The lowest BCUT2D eigenvalue weighted by molar-refractivity contribution is -0.684. The topological polar surface area (TPSA) is 80.1 Å². The summed E-state index contributed by atoms with van der Waals surface area (Å²) in [4.78, 5) is 14.0. The Morgan fingerprint density at radius 1 is 1.75 bits per heavy atom. The first-order valence-electron chi connectivity index (χ1n) is 3.52. The zero-order valence-electron chi connectivity index (χ0n) is 6.47. The van der Waals surface area contributed by atoms with E-state index in [1.54, 1.807) is 23.0 Å². The molecular weight excluding hydrogens is 158 g/mol. The van der Waals surface area contributed by atoms with Gasteiger partial charge in [0.2, 0.25) is 0 Å². The van der Waals surface area contributed by atoms with Crippen LogP contribution in [0.4, 0.5) is 5.95 Å². The van der Waals surface area contributed by atoms with Crippen molar-refractivity contribution < 1.29 is 14.5 Å². The molecule has 0 atom stereocenters. The molecule has 0 aromatic carbocycles. The number of rotatable bonds is 3. The van der Waals surface area contributed by atoms with Gasteiger partial charge in [-0.3, -0.25) is 10.5 Å². The number of nitrogens with two attached hydrogens (primary N) is 1. The van der Waals surface area contributed by atoms with Gasteiger partial charge in [-0.1, -0.05) is 4.98 Å². The fraction of sp³-hybridized carbons (Fsp3) is 0.286. The smallest absolute Gasteiger partial charge is 0.389 e. The predicted molar refractivity (Wildman–Crippen MR) is 41.1 cm³/mol. The van der Waals surface area contributed by atoms with Gasteiger partial charge in [-0.05, 0) is 0 Å². The summed E-state index contributed by atoms with van der Waals surface area (Å²) in [5.41, 5.74) is 5.47. The van der Waals surface area contributed by atoms with Gasteiger partial charge in [0, 0.05) is 6.07 Å². The third kappa shape index (κ3) is 2.19. The fourth-order valence-corrected chi connectivity index (χ4v) is 0.817. The molecule has 0 saturated heterocycles. The summed E-state index contributed by atoms with van der Waals surface area (Å²) < 4.78 is 1.59. The summed E-state index contributed by atoms with van der Waals surface area (Å²) >= 11 is 0. The fourth-order valence-electron chi connectivity index (χ4n) is 0.817. The standard InChI is InChI=1S/C7H9N3O2/c8-7-9-3-1-4-10(7)5-2-6(11)12/h1,3-4,8H,2,5H2,(H,11,12)/p+1. The number of hydrogen-bond donors (Lipinski definition) is 2. The number of carbonyl (C=O) groups is 1. The highest BCUT2D eigenvalue weighted by Gasteiger charge is 2.05. The molecule has 0 saturated carbocycles. The lowest BCUT2D eigenvalue weighted by Crippen LogP contribution is -2.38. The highest BCUT2D eigenvalue weighted by atomic mass is 16.4. The first-order valence-corrected chi connectivity index (χ1v) is 3.52. The molecule has 0 radical (unpaired) electrons. The van der Waals surface area contributed by atoms with Gasteiger partial charge in [0.15, 0.2) is 0 Å². The van der Waals surface area contributed by atoms with E-state index in [2.05, 4.69) is 4.98 Å². The number of carboxylic acids is 1. The highest BCUT2D eigenvalue weighted by Crippen LogP contribution is 1.86. The number of aryl methyl sites for hydroxylation is 1. The van der Waals surface area contributed by atoms with E-state index in [0.717, 1.165) is 0 Å². The second-order valence-electron chi connectivity index (χ2n) is 2.32. The minimum absolute atomic E-state index is 0.0561.